The van der Waals surface area contributed by atoms with Crippen molar-refractivity contribution in [2.75, 3.05) is 26.9 Å². The first-order valence-corrected chi connectivity index (χ1v) is 9.00. The molecule has 148 valence electrons. The van der Waals surface area contributed by atoms with E-state index in [1.807, 2.05) is 24.3 Å². The molecule has 0 aliphatic carbocycles. The van der Waals surface area contributed by atoms with E-state index in [-0.39, 0.29) is 24.0 Å². The smallest absolute Gasteiger partial charge is 0.191 e. The van der Waals surface area contributed by atoms with Gasteiger partial charge in [-0.3, -0.25) is 0 Å². The van der Waals surface area contributed by atoms with Gasteiger partial charge >= 0.3 is 0 Å². The fourth-order valence-electron chi connectivity index (χ4n) is 2.43. The van der Waals surface area contributed by atoms with E-state index in [0.717, 1.165) is 30.4 Å². The molecular formula is C21H30IN3O2. The lowest BCUT2D eigenvalue weighted by atomic mass is 10.1. The standard InChI is InChI=1S/C21H29N3O2.HI/c1-4-22-21(24-16-19-8-6-5-7-17(19)2)23-15-18-9-11-20(12-10-18)26-14-13-25-3;/h5-12H,4,13-16H2,1-3H3,(H2,22,23,24);1H. The minimum absolute atomic E-state index is 0. The predicted molar refractivity (Wildman–Crippen MR) is 122 cm³/mol. The van der Waals surface area contributed by atoms with Crippen LogP contribution < -0.4 is 15.4 Å². The van der Waals surface area contributed by atoms with Gasteiger partial charge in [-0.05, 0) is 42.7 Å². The summed E-state index contributed by atoms with van der Waals surface area (Å²) in [4.78, 5) is 4.67. The van der Waals surface area contributed by atoms with Crippen molar-refractivity contribution in [3.05, 3.63) is 65.2 Å². The average Bonchev–Trinajstić information content (AvgIpc) is 2.66. The summed E-state index contributed by atoms with van der Waals surface area (Å²) in [6.07, 6.45) is 0. The number of nitrogens with zero attached hydrogens (tertiary/aromatic N) is 1. The maximum atomic E-state index is 5.58. The highest BCUT2D eigenvalue weighted by atomic mass is 127. The molecule has 6 heteroatoms. The summed E-state index contributed by atoms with van der Waals surface area (Å²) in [5.74, 6) is 1.66. The van der Waals surface area contributed by atoms with Gasteiger partial charge in [0.05, 0.1) is 13.2 Å². The van der Waals surface area contributed by atoms with Crippen LogP contribution in [0.1, 0.15) is 23.6 Å². The third-order valence-corrected chi connectivity index (χ3v) is 3.95. The first-order chi connectivity index (χ1) is 12.7. The summed E-state index contributed by atoms with van der Waals surface area (Å²) in [6.45, 7) is 7.53. The van der Waals surface area contributed by atoms with Gasteiger partial charge in [0.1, 0.15) is 12.4 Å². The number of methoxy groups -OCH3 is 1. The van der Waals surface area contributed by atoms with Crippen LogP contribution in [0, 0.1) is 6.92 Å². The van der Waals surface area contributed by atoms with Gasteiger partial charge in [0.2, 0.25) is 0 Å². The number of guanidine groups is 1. The van der Waals surface area contributed by atoms with Gasteiger partial charge in [-0.1, -0.05) is 36.4 Å². The van der Waals surface area contributed by atoms with Crippen LogP contribution in [0.25, 0.3) is 0 Å². The predicted octanol–water partition coefficient (Wildman–Crippen LogP) is 3.89. The van der Waals surface area contributed by atoms with Crippen LogP contribution in [0.2, 0.25) is 0 Å². The molecule has 2 rings (SSSR count). The minimum atomic E-state index is 0. The number of aliphatic imine (C=N–C) groups is 1. The van der Waals surface area contributed by atoms with Crippen LogP contribution in [-0.4, -0.2) is 32.8 Å². The topological polar surface area (TPSA) is 54.9 Å². The Hall–Kier alpha value is -1.80. The Morgan fingerprint density at radius 1 is 1.00 bits per heavy atom. The zero-order valence-corrected chi connectivity index (χ0v) is 18.7. The van der Waals surface area contributed by atoms with Gasteiger partial charge in [-0.15, -0.1) is 24.0 Å². The van der Waals surface area contributed by atoms with Gasteiger partial charge in [-0.2, -0.15) is 0 Å². The molecule has 0 aliphatic heterocycles. The van der Waals surface area contributed by atoms with E-state index in [0.29, 0.717) is 19.8 Å². The molecule has 0 atom stereocenters. The van der Waals surface area contributed by atoms with Gasteiger partial charge in [0.25, 0.3) is 0 Å². The highest BCUT2D eigenvalue weighted by Gasteiger charge is 2.01. The Bertz CT molecular complexity index is 690. The van der Waals surface area contributed by atoms with Crippen molar-refractivity contribution in [3.63, 3.8) is 0 Å². The third-order valence-electron chi connectivity index (χ3n) is 3.95. The van der Waals surface area contributed by atoms with E-state index >= 15 is 0 Å². The van der Waals surface area contributed by atoms with E-state index in [9.17, 15) is 0 Å². The number of benzene rings is 2. The highest BCUT2D eigenvalue weighted by molar-refractivity contribution is 14.0. The second-order valence-electron chi connectivity index (χ2n) is 5.96. The lowest BCUT2D eigenvalue weighted by Crippen LogP contribution is -2.36. The molecule has 0 heterocycles. The van der Waals surface area contributed by atoms with Crippen molar-refractivity contribution in [1.82, 2.24) is 10.6 Å². The van der Waals surface area contributed by atoms with E-state index in [4.69, 9.17) is 9.47 Å². The Kier molecular flexibility index (Phi) is 11.5. The van der Waals surface area contributed by atoms with Gasteiger partial charge in [0.15, 0.2) is 5.96 Å². The van der Waals surface area contributed by atoms with E-state index in [1.54, 1.807) is 7.11 Å². The van der Waals surface area contributed by atoms with E-state index in [1.165, 1.54) is 11.1 Å². The lowest BCUT2D eigenvalue weighted by Gasteiger charge is -2.13. The van der Waals surface area contributed by atoms with Crippen LogP contribution in [0.4, 0.5) is 0 Å². The molecule has 0 unspecified atom stereocenters. The molecule has 0 saturated heterocycles. The second kappa shape index (κ2) is 13.4. The summed E-state index contributed by atoms with van der Waals surface area (Å²) in [6, 6.07) is 16.4. The number of halogens is 1. The van der Waals surface area contributed by atoms with Crippen LogP contribution in [0.3, 0.4) is 0 Å². The Morgan fingerprint density at radius 3 is 2.41 bits per heavy atom. The van der Waals surface area contributed by atoms with Gasteiger partial charge in [-0.25, -0.2) is 4.99 Å². The third kappa shape index (κ3) is 8.62. The quantitative estimate of drug-likeness (QED) is 0.246. The molecule has 0 radical (unpaired) electrons. The number of aryl methyl sites for hydroxylation is 1. The fourth-order valence-corrected chi connectivity index (χ4v) is 2.43. The molecule has 0 fully saturated rings. The lowest BCUT2D eigenvalue weighted by molar-refractivity contribution is 0.146. The normalized spacial score (nSPS) is 10.9. The molecule has 0 aromatic heterocycles. The van der Waals surface area contributed by atoms with Crippen molar-refractivity contribution in [2.24, 2.45) is 4.99 Å². The molecule has 2 aromatic carbocycles. The molecule has 2 N–H and O–H groups in total. The number of rotatable bonds is 9. The summed E-state index contributed by atoms with van der Waals surface area (Å²) >= 11 is 0. The molecule has 0 amide bonds. The van der Waals surface area contributed by atoms with Crippen molar-refractivity contribution in [1.29, 1.82) is 0 Å². The molecule has 2 aromatic rings. The molecule has 0 bridgehead atoms. The first kappa shape index (κ1) is 23.2. The van der Waals surface area contributed by atoms with Crippen molar-refractivity contribution in [3.8, 4) is 5.75 Å². The molecule has 5 nitrogen and oxygen atoms in total. The van der Waals surface area contributed by atoms with Crippen LogP contribution in [0.5, 0.6) is 5.75 Å². The minimum Gasteiger partial charge on any atom is -0.491 e. The first-order valence-electron chi connectivity index (χ1n) is 9.00. The Morgan fingerprint density at radius 2 is 1.74 bits per heavy atom. The molecule has 0 aliphatic rings. The van der Waals surface area contributed by atoms with Crippen LogP contribution in [-0.2, 0) is 17.8 Å². The number of hydrogen-bond donors (Lipinski definition) is 2. The summed E-state index contributed by atoms with van der Waals surface area (Å²) in [5.41, 5.74) is 3.69. The van der Waals surface area contributed by atoms with Crippen LogP contribution >= 0.6 is 24.0 Å². The molecule has 0 saturated carbocycles. The maximum Gasteiger partial charge on any atom is 0.191 e. The molecular weight excluding hydrogens is 453 g/mol. The molecule has 27 heavy (non-hydrogen) atoms. The largest absolute Gasteiger partial charge is 0.491 e. The van der Waals surface area contributed by atoms with Gasteiger partial charge < -0.3 is 20.1 Å². The maximum absolute atomic E-state index is 5.58. The van der Waals surface area contributed by atoms with Crippen molar-refractivity contribution < 1.29 is 9.47 Å². The number of ether oxygens (including phenoxy) is 2. The van der Waals surface area contributed by atoms with E-state index in [2.05, 4.69) is 53.7 Å². The summed E-state index contributed by atoms with van der Waals surface area (Å²) in [7, 11) is 1.67. The Labute approximate surface area is 179 Å². The zero-order valence-electron chi connectivity index (χ0n) is 16.3. The Balaban J connectivity index is 0.00000364. The zero-order chi connectivity index (χ0) is 18.6. The SMILES string of the molecule is CCNC(=NCc1ccc(OCCOC)cc1)NCc1ccccc1C.I. The van der Waals surface area contributed by atoms with E-state index < -0.39 is 0 Å². The summed E-state index contributed by atoms with van der Waals surface area (Å²) in [5, 5.41) is 6.68. The van der Waals surface area contributed by atoms with Crippen LogP contribution in [0.15, 0.2) is 53.5 Å². The average molecular weight is 483 g/mol. The van der Waals surface area contributed by atoms with Crippen molar-refractivity contribution >= 4 is 29.9 Å². The highest BCUT2D eigenvalue weighted by Crippen LogP contribution is 2.13. The number of hydrogen-bond acceptors (Lipinski definition) is 3. The van der Waals surface area contributed by atoms with Gasteiger partial charge in [0, 0.05) is 20.2 Å². The monoisotopic (exact) mass is 483 g/mol. The van der Waals surface area contributed by atoms with Crippen molar-refractivity contribution in [2.45, 2.75) is 26.9 Å². The fraction of sp³-hybridized carbons (Fsp3) is 0.381. The summed E-state index contributed by atoms with van der Waals surface area (Å²) < 4.78 is 10.6. The molecule has 0 spiro atoms. The second-order valence-corrected chi connectivity index (χ2v) is 5.96. The number of nitrogens with one attached hydrogen (secondary N) is 2.